The molecule has 20 heavy (non-hydrogen) atoms. The van der Waals surface area contributed by atoms with Crippen LogP contribution in [0, 0.1) is 6.92 Å². The number of aromatic nitrogens is 1. The predicted molar refractivity (Wildman–Crippen MR) is 82.0 cm³/mol. The van der Waals surface area contributed by atoms with Gasteiger partial charge in [-0.25, -0.2) is 0 Å². The van der Waals surface area contributed by atoms with E-state index in [0.717, 1.165) is 22.7 Å². The van der Waals surface area contributed by atoms with Gasteiger partial charge in [-0.05, 0) is 43.2 Å². The number of aryl methyl sites for hydroxylation is 1. The molecule has 0 aliphatic heterocycles. The molecule has 1 aromatic heterocycles. The number of aromatic hydroxyl groups is 1. The molecule has 0 fully saturated rings. The molecule has 2 N–H and O–H groups in total. The lowest BCUT2D eigenvalue weighted by atomic mass is 10.0. The van der Waals surface area contributed by atoms with Crippen LogP contribution in [0.3, 0.4) is 0 Å². The van der Waals surface area contributed by atoms with E-state index >= 15 is 0 Å². The Balaban J connectivity index is 2.09. The first-order valence-electron chi connectivity index (χ1n) is 6.74. The van der Waals surface area contributed by atoms with E-state index in [0.29, 0.717) is 12.2 Å². The molecule has 1 unspecified atom stereocenters. The van der Waals surface area contributed by atoms with Crippen LogP contribution in [-0.2, 0) is 6.54 Å². The van der Waals surface area contributed by atoms with Crippen molar-refractivity contribution in [1.82, 2.24) is 10.3 Å². The molecule has 2 rings (SSSR count). The van der Waals surface area contributed by atoms with Crippen LogP contribution in [0.1, 0.15) is 36.3 Å². The van der Waals surface area contributed by atoms with Gasteiger partial charge in [0.05, 0.1) is 5.69 Å². The van der Waals surface area contributed by atoms with Crippen LogP contribution in [0.5, 0.6) is 5.75 Å². The fourth-order valence-corrected chi connectivity index (χ4v) is 2.37. The summed E-state index contributed by atoms with van der Waals surface area (Å²) in [5, 5.41) is 14.0. The van der Waals surface area contributed by atoms with E-state index in [1.165, 1.54) is 0 Å². The SMILES string of the molecule is CCC(NCc1nc(C)ccc1O)c1cccc(Cl)c1. The van der Waals surface area contributed by atoms with E-state index in [9.17, 15) is 5.11 Å². The van der Waals surface area contributed by atoms with Crippen molar-refractivity contribution in [2.75, 3.05) is 0 Å². The quantitative estimate of drug-likeness (QED) is 0.875. The summed E-state index contributed by atoms with van der Waals surface area (Å²) in [4.78, 5) is 4.35. The molecular formula is C16H19ClN2O. The largest absolute Gasteiger partial charge is 0.506 e. The number of nitrogens with zero attached hydrogens (tertiary/aromatic N) is 1. The molecule has 0 bridgehead atoms. The minimum Gasteiger partial charge on any atom is -0.506 e. The van der Waals surface area contributed by atoms with Crippen molar-refractivity contribution in [2.24, 2.45) is 0 Å². The summed E-state index contributed by atoms with van der Waals surface area (Å²) in [6, 6.07) is 11.5. The van der Waals surface area contributed by atoms with E-state index in [2.05, 4.69) is 23.3 Å². The number of nitrogens with one attached hydrogen (secondary N) is 1. The van der Waals surface area contributed by atoms with Gasteiger partial charge in [0, 0.05) is 23.3 Å². The summed E-state index contributed by atoms with van der Waals surface area (Å²) >= 11 is 6.03. The zero-order valence-electron chi connectivity index (χ0n) is 11.7. The highest BCUT2D eigenvalue weighted by Gasteiger charge is 2.11. The third-order valence-corrected chi connectivity index (χ3v) is 3.50. The molecule has 1 atom stereocenters. The third-order valence-electron chi connectivity index (χ3n) is 3.26. The fraction of sp³-hybridized carbons (Fsp3) is 0.312. The van der Waals surface area contributed by atoms with Gasteiger partial charge in [0.1, 0.15) is 5.75 Å². The van der Waals surface area contributed by atoms with Crippen LogP contribution in [-0.4, -0.2) is 10.1 Å². The molecule has 0 aliphatic rings. The number of hydrogen-bond acceptors (Lipinski definition) is 3. The average molecular weight is 291 g/mol. The summed E-state index contributed by atoms with van der Waals surface area (Å²) in [6.07, 6.45) is 0.937. The molecular weight excluding hydrogens is 272 g/mol. The number of benzene rings is 1. The first-order valence-corrected chi connectivity index (χ1v) is 7.12. The van der Waals surface area contributed by atoms with Gasteiger partial charge >= 0.3 is 0 Å². The minimum atomic E-state index is 0.190. The Morgan fingerprint density at radius 2 is 2.10 bits per heavy atom. The third kappa shape index (κ3) is 3.71. The van der Waals surface area contributed by atoms with Crippen LogP contribution in [0.2, 0.25) is 5.02 Å². The number of hydrogen-bond donors (Lipinski definition) is 2. The Labute approximate surface area is 124 Å². The number of pyridine rings is 1. The standard InChI is InChI=1S/C16H19ClN2O/c1-3-14(12-5-4-6-13(17)9-12)18-10-15-16(20)8-7-11(2)19-15/h4-9,14,18,20H,3,10H2,1-2H3. The van der Waals surface area contributed by atoms with Gasteiger partial charge in [-0.3, -0.25) is 4.98 Å². The van der Waals surface area contributed by atoms with E-state index in [4.69, 9.17) is 11.6 Å². The Morgan fingerprint density at radius 1 is 1.30 bits per heavy atom. The number of halogens is 1. The molecule has 2 aromatic rings. The summed E-state index contributed by atoms with van der Waals surface area (Å²) in [5.41, 5.74) is 2.72. The maximum atomic E-state index is 9.81. The van der Waals surface area contributed by atoms with E-state index in [-0.39, 0.29) is 11.8 Å². The molecule has 1 aromatic carbocycles. The van der Waals surface area contributed by atoms with Crippen LogP contribution in [0.4, 0.5) is 0 Å². The first kappa shape index (κ1) is 14.8. The first-order chi connectivity index (χ1) is 9.60. The molecule has 0 saturated carbocycles. The lowest BCUT2D eigenvalue weighted by Crippen LogP contribution is -2.21. The highest BCUT2D eigenvalue weighted by Crippen LogP contribution is 2.22. The zero-order valence-corrected chi connectivity index (χ0v) is 12.5. The van der Waals surface area contributed by atoms with Crippen molar-refractivity contribution in [3.63, 3.8) is 0 Å². The van der Waals surface area contributed by atoms with Crippen LogP contribution >= 0.6 is 11.6 Å². The van der Waals surface area contributed by atoms with Crippen molar-refractivity contribution in [2.45, 2.75) is 32.9 Å². The van der Waals surface area contributed by atoms with E-state index < -0.39 is 0 Å². The van der Waals surface area contributed by atoms with Gasteiger partial charge in [0.2, 0.25) is 0 Å². The second kappa shape index (κ2) is 6.73. The average Bonchev–Trinajstić information content (AvgIpc) is 2.43. The van der Waals surface area contributed by atoms with Crippen molar-refractivity contribution < 1.29 is 5.11 Å². The summed E-state index contributed by atoms with van der Waals surface area (Å²) < 4.78 is 0. The lowest BCUT2D eigenvalue weighted by Gasteiger charge is -2.18. The molecule has 4 heteroatoms. The van der Waals surface area contributed by atoms with Crippen molar-refractivity contribution >= 4 is 11.6 Å². The molecule has 1 heterocycles. The van der Waals surface area contributed by atoms with Gasteiger partial charge in [0.25, 0.3) is 0 Å². The van der Waals surface area contributed by atoms with Crippen LogP contribution < -0.4 is 5.32 Å². The minimum absolute atomic E-state index is 0.190. The van der Waals surface area contributed by atoms with Crippen molar-refractivity contribution in [1.29, 1.82) is 0 Å². The predicted octanol–water partition coefficient (Wildman–Crippen LogP) is 3.99. The normalized spacial score (nSPS) is 12.3. The maximum Gasteiger partial charge on any atom is 0.138 e. The molecule has 106 valence electrons. The monoisotopic (exact) mass is 290 g/mol. The van der Waals surface area contributed by atoms with E-state index in [1.807, 2.05) is 25.1 Å². The molecule has 0 amide bonds. The molecule has 0 aliphatic carbocycles. The van der Waals surface area contributed by atoms with Crippen LogP contribution in [0.15, 0.2) is 36.4 Å². The Bertz CT molecular complexity index is 586. The second-order valence-corrected chi connectivity index (χ2v) is 5.25. The smallest absolute Gasteiger partial charge is 0.138 e. The molecule has 3 nitrogen and oxygen atoms in total. The van der Waals surface area contributed by atoms with Gasteiger partial charge in [-0.1, -0.05) is 30.7 Å². The molecule has 0 spiro atoms. The summed E-state index contributed by atoms with van der Waals surface area (Å²) in [5.74, 6) is 0.226. The maximum absolute atomic E-state index is 9.81. The van der Waals surface area contributed by atoms with Crippen molar-refractivity contribution in [3.8, 4) is 5.75 Å². The van der Waals surface area contributed by atoms with Crippen LogP contribution in [0.25, 0.3) is 0 Å². The number of rotatable bonds is 5. The Kier molecular flexibility index (Phi) is 4.99. The highest BCUT2D eigenvalue weighted by molar-refractivity contribution is 6.30. The molecule has 0 radical (unpaired) electrons. The lowest BCUT2D eigenvalue weighted by molar-refractivity contribution is 0.448. The summed E-state index contributed by atoms with van der Waals surface area (Å²) in [7, 11) is 0. The van der Waals surface area contributed by atoms with Crippen molar-refractivity contribution in [3.05, 3.63) is 58.4 Å². The zero-order chi connectivity index (χ0) is 14.5. The molecule has 0 saturated heterocycles. The van der Waals surface area contributed by atoms with E-state index in [1.54, 1.807) is 12.1 Å². The fourth-order valence-electron chi connectivity index (χ4n) is 2.17. The Morgan fingerprint density at radius 3 is 2.80 bits per heavy atom. The highest BCUT2D eigenvalue weighted by atomic mass is 35.5. The van der Waals surface area contributed by atoms with Gasteiger partial charge in [0.15, 0.2) is 0 Å². The van der Waals surface area contributed by atoms with Gasteiger partial charge < -0.3 is 10.4 Å². The van der Waals surface area contributed by atoms with Gasteiger partial charge in [-0.15, -0.1) is 0 Å². The Hall–Kier alpha value is -1.58. The summed E-state index contributed by atoms with van der Waals surface area (Å²) in [6.45, 7) is 4.55. The second-order valence-electron chi connectivity index (χ2n) is 4.82. The topological polar surface area (TPSA) is 45.2 Å². The van der Waals surface area contributed by atoms with Gasteiger partial charge in [-0.2, -0.15) is 0 Å².